The summed E-state index contributed by atoms with van der Waals surface area (Å²) in [6.07, 6.45) is 1.76. The fourth-order valence-corrected chi connectivity index (χ4v) is 3.27. The highest BCUT2D eigenvalue weighted by Crippen LogP contribution is 2.39. The molecule has 1 atom stereocenters. The zero-order valence-corrected chi connectivity index (χ0v) is 13.9. The molecule has 2 heterocycles. The number of H-pyrrole nitrogens is 2. The zero-order valence-electron chi connectivity index (χ0n) is 13.9. The van der Waals surface area contributed by atoms with Gasteiger partial charge in [-0.25, -0.2) is 4.79 Å². The molecule has 0 bridgehead atoms. The fourth-order valence-electron chi connectivity index (χ4n) is 3.27. The summed E-state index contributed by atoms with van der Waals surface area (Å²) in [7, 11) is 0. The van der Waals surface area contributed by atoms with Crippen LogP contribution in [0.4, 0.5) is 11.5 Å². The van der Waals surface area contributed by atoms with Gasteiger partial charge in [-0.3, -0.25) is 24.9 Å². The molecule has 0 saturated heterocycles. The standard InChI is InChI=1S/C19H14N4O4/c24-18-16-13(12-8-4-5-9-15(12)23(26)27)10-14(11-6-2-1-3-7-11)20-17(16)21-19(25)22-18/h1-10,13H,(H3,20,21,22,24,25). The first-order valence-electron chi connectivity index (χ1n) is 8.18. The van der Waals surface area contributed by atoms with E-state index in [1.165, 1.54) is 6.07 Å². The first-order chi connectivity index (χ1) is 13.0. The minimum Gasteiger partial charge on any atom is -0.341 e. The van der Waals surface area contributed by atoms with Gasteiger partial charge in [0.05, 0.1) is 10.5 Å². The van der Waals surface area contributed by atoms with E-state index in [1.54, 1.807) is 24.3 Å². The van der Waals surface area contributed by atoms with E-state index in [0.29, 0.717) is 11.3 Å². The van der Waals surface area contributed by atoms with Crippen molar-refractivity contribution in [2.24, 2.45) is 0 Å². The maximum absolute atomic E-state index is 12.5. The third-order valence-electron chi connectivity index (χ3n) is 4.44. The molecule has 0 amide bonds. The summed E-state index contributed by atoms with van der Waals surface area (Å²) in [5.74, 6) is -0.466. The SMILES string of the molecule is O=c1[nH]c2c(c(=O)[nH]1)C(c1ccccc1[N+](=O)[O-])C=C(c1ccccc1)N2. The minimum absolute atomic E-state index is 0.0930. The number of nitro benzene ring substituents is 1. The van der Waals surface area contributed by atoms with Gasteiger partial charge in [0.15, 0.2) is 0 Å². The van der Waals surface area contributed by atoms with Crippen LogP contribution in [0, 0.1) is 10.1 Å². The lowest BCUT2D eigenvalue weighted by atomic mass is 9.87. The molecule has 1 unspecified atom stereocenters. The quantitative estimate of drug-likeness (QED) is 0.488. The number of nitrogens with one attached hydrogen (secondary N) is 3. The van der Waals surface area contributed by atoms with Crippen molar-refractivity contribution in [3.8, 4) is 0 Å². The second kappa shape index (κ2) is 6.41. The Labute approximate surface area is 152 Å². The molecule has 3 aromatic rings. The number of aromatic amines is 2. The maximum Gasteiger partial charge on any atom is 0.327 e. The van der Waals surface area contributed by atoms with Gasteiger partial charge in [-0.1, -0.05) is 48.5 Å². The number of anilines is 1. The van der Waals surface area contributed by atoms with E-state index in [2.05, 4.69) is 15.3 Å². The molecule has 8 heteroatoms. The van der Waals surface area contributed by atoms with Gasteiger partial charge >= 0.3 is 5.69 Å². The molecule has 27 heavy (non-hydrogen) atoms. The smallest absolute Gasteiger partial charge is 0.327 e. The molecule has 0 spiro atoms. The number of hydrogen-bond donors (Lipinski definition) is 3. The average Bonchev–Trinajstić information content (AvgIpc) is 2.67. The van der Waals surface area contributed by atoms with Crippen LogP contribution < -0.4 is 16.6 Å². The Morgan fingerprint density at radius 1 is 0.926 bits per heavy atom. The molecule has 2 aromatic carbocycles. The molecule has 4 rings (SSSR count). The van der Waals surface area contributed by atoms with Crippen LogP contribution in [0.5, 0.6) is 0 Å². The van der Waals surface area contributed by atoms with E-state index < -0.39 is 22.1 Å². The Hall–Kier alpha value is -3.94. The molecule has 0 fully saturated rings. The highest BCUT2D eigenvalue weighted by atomic mass is 16.6. The van der Waals surface area contributed by atoms with Gasteiger partial charge in [-0.15, -0.1) is 0 Å². The maximum atomic E-state index is 12.5. The molecule has 1 aliphatic rings. The third kappa shape index (κ3) is 2.93. The molecule has 8 nitrogen and oxygen atoms in total. The summed E-state index contributed by atoms with van der Waals surface area (Å²) in [4.78, 5) is 40.0. The van der Waals surface area contributed by atoms with Crippen LogP contribution >= 0.6 is 0 Å². The minimum atomic E-state index is -0.696. The number of hydrogen-bond acceptors (Lipinski definition) is 5. The molecule has 1 aromatic heterocycles. The molecule has 134 valence electrons. The number of allylic oxidation sites excluding steroid dienone is 1. The first kappa shape index (κ1) is 16.5. The zero-order chi connectivity index (χ0) is 19.0. The van der Waals surface area contributed by atoms with Crippen LogP contribution in [-0.4, -0.2) is 14.9 Å². The lowest BCUT2D eigenvalue weighted by Gasteiger charge is -2.25. The number of benzene rings is 2. The molecule has 0 radical (unpaired) electrons. The molecular formula is C19H14N4O4. The summed E-state index contributed by atoms with van der Waals surface area (Å²) < 4.78 is 0. The Bertz CT molecular complexity index is 1180. The molecule has 3 N–H and O–H groups in total. The monoisotopic (exact) mass is 362 g/mol. The van der Waals surface area contributed by atoms with Gasteiger partial charge in [0.25, 0.3) is 11.2 Å². The predicted octanol–water partition coefficient (Wildman–Crippen LogP) is 2.57. The highest BCUT2D eigenvalue weighted by Gasteiger charge is 2.30. The number of nitro groups is 1. The fraction of sp³-hybridized carbons (Fsp3) is 0.0526. The summed E-state index contributed by atoms with van der Waals surface area (Å²) in [6.45, 7) is 0. The van der Waals surface area contributed by atoms with Gasteiger partial charge in [-0.2, -0.15) is 0 Å². The number of rotatable bonds is 3. The Balaban J connectivity index is 1.99. The van der Waals surface area contributed by atoms with E-state index in [9.17, 15) is 19.7 Å². The van der Waals surface area contributed by atoms with Crippen LogP contribution in [0.3, 0.4) is 0 Å². The summed E-state index contributed by atoms with van der Waals surface area (Å²) in [5.41, 5.74) is 0.736. The van der Waals surface area contributed by atoms with Crippen molar-refractivity contribution < 1.29 is 4.92 Å². The Kier molecular flexibility index (Phi) is 3.92. The molecular weight excluding hydrogens is 348 g/mol. The van der Waals surface area contributed by atoms with E-state index in [0.717, 1.165) is 5.56 Å². The number of fused-ring (bicyclic) bond motifs is 1. The third-order valence-corrected chi connectivity index (χ3v) is 4.44. The predicted molar refractivity (Wildman–Crippen MR) is 101 cm³/mol. The van der Waals surface area contributed by atoms with Crippen LogP contribution in [-0.2, 0) is 0 Å². The van der Waals surface area contributed by atoms with Crippen molar-refractivity contribution in [1.29, 1.82) is 0 Å². The lowest BCUT2D eigenvalue weighted by molar-refractivity contribution is -0.385. The van der Waals surface area contributed by atoms with Gasteiger partial charge in [0.2, 0.25) is 0 Å². The van der Waals surface area contributed by atoms with Crippen LogP contribution in [0.25, 0.3) is 5.70 Å². The van der Waals surface area contributed by atoms with Gasteiger partial charge in [0, 0.05) is 23.2 Å². The van der Waals surface area contributed by atoms with E-state index >= 15 is 0 Å². The van der Waals surface area contributed by atoms with Gasteiger partial charge in [0.1, 0.15) is 5.82 Å². The van der Waals surface area contributed by atoms with Gasteiger partial charge in [-0.05, 0) is 11.6 Å². The summed E-state index contributed by atoms with van der Waals surface area (Å²) in [6, 6.07) is 15.6. The lowest BCUT2D eigenvalue weighted by Crippen LogP contribution is -2.31. The van der Waals surface area contributed by atoms with E-state index in [1.807, 2.05) is 30.3 Å². The van der Waals surface area contributed by atoms with Crippen molar-refractivity contribution in [3.63, 3.8) is 0 Å². The molecule has 0 saturated carbocycles. The van der Waals surface area contributed by atoms with E-state index in [4.69, 9.17) is 0 Å². The Morgan fingerprint density at radius 2 is 1.63 bits per heavy atom. The van der Waals surface area contributed by atoms with Crippen molar-refractivity contribution in [1.82, 2.24) is 9.97 Å². The second-order valence-electron chi connectivity index (χ2n) is 6.06. The second-order valence-corrected chi connectivity index (χ2v) is 6.06. The van der Waals surface area contributed by atoms with Crippen LogP contribution in [0.1, 0.15) is 22.6 Å². The number of nitrogens with zero attached hydrogens (tertiary/aromatic N) is 1. The van der Waals surface area contributed by atoms with Crippen molar-refractivity contribution >= 4 is 17.2 Å². The highest BCUT2D eigenvalue weighted by molar-refractivity contribution is 5.81. The number of aromatic nitrogens is 2. The average molecular weight is 362 g/mol. The topological polar surface area (TPSA) is 121 Å². The summed E-state index contributed by atoms with van der Waals surface area (Å²) >= 11 is 0. The van der Waals surface area contributed by atoms with Crippen molar-refractivity contribution in [2.75, 3.05) is 5.32 Å². The Morgan fingerprint density at radius 3 is 2.37 bits per heavy atom. The van der Waals surface area contributed by atoms with Gasteiger partial charge < -0.3 is 5.32 Å². The van der Waals surface area contributed by atoms with E-state index in [-0.39, 0.29) is 17.1 Å². The van der Waals surface area contributed by atoms with Crippen LogP contribution in [0.15, 0.2) is 70.3 Å². The largest absolute Gasteiger partial charge is 0.341 e. The molecule has 0 aliphatic carbocycles. The molecule has 1 aliphatic heterocycles. The first-order valence-corrected chi connectivity index (χ1v) is 8.18. The number of para-hydroxylation sites is 1. The van der Waals surface area contributed by atoms with Crippen molar-refractivity contribution in [3.05, 3.63) is 108 Å². The summed E-state index contributed by atoms with van der Waals surface area (Å²) in [5, 5.41) is 14.6. The van der Waals surface area contributed by atoms with Crippen molar-refractivity contribution in [2.45, 2.75) is 5.92 Å². The normalized spacial score (nSPS) is 15.4. The van der Waals surface area contributed by atoms with Crippen LogP contribution in [0.2, 0.25) is 0 Å².